The van der Waals surface area contributed by atoms with Crippen molar-refractivity contribution in [2.24, 2.45) is 0 Å². The maximum absolute atomic E-state index is 14.0. The van der Waals surface area contributed by atoms with Crippen LogP contribution in [0.1, 0.15) is 32.3 Å². The number of hydrogen-bond acceptors (Lipinski definition) is 3. The van der Waals surface area contributed by atoms with E-state index in [2.05, 4.69) is 37.5 Å². The SMILES string of the molecule is C=C/C=C1/CN(Cc2ccccc2F)CCC1SSC1=C(C)CC(C)=C1. The Kier molecular flexibility index (Phi) is 6.85. The third-order valence-electron chi connectivity index (χ3n) is 4.81. The van der Waals surface area contributed by atoms with Crippen LogP contribution in [0.4, 0.5) is 4.39 Å². The molecule has 3 rings (SSSR count). The van der Waals surface area contributed by atoms with E-state index in [1.54, 1.807) is 12.1 Å². The molecule has 0 spiro atoms. The maximum Gasteiger partial charge on any atom is 0.127 e. The van der Waals surface area contributed by atoms with Crippen molar-refractivity contribution in [2.75, 3.05) is 13.1 Å². The number of benzene rings is 1. The predicted molar refractivity (Wildman–Crippen MR) is 115 cm³/mol. The van der Waals surface area contributed by atoms with Crippen LogP contribution in [0.5, 0.6) is 0 Å². The highest BCUT2D eigenvalue weighted by Gasteiger charge is 2.25. The van der Waals surface area contributed by atoms with Gasteiger partial charge in [0, 0.05) is 35.4 Å². The molecule has 0 amide bonds. The zero-order chi connectivity index (χ0) is 18.5. The molecule has 1 aromatic carbocycles. The van der Waals surface area contributed by atoms with Gasteiger partial charge in [-0.2, -0.15) is 0 Å². The molecule has 2 aliphatic rings. The molecule has 1 unspecified atom stereocenters. The lowest BCUT2D eigenvalue weighted by Gasteiger charge is -2.34. The molecule has 1 nitrogen and oxygen atoms in total. The fraction of sp³-hybridized carbons (Fsp3) is 0.364. The van der Waals surface area contributed by atoms with Gasteiger partial charge in [0.05, 0.1) is 0 Å². The molecule has 1 fully saturated rings. The van der Waals surface area contributed by atoms with Crippen LogP contribution in [0.15, 0.2) is 70.7 Å². The summed E-state index contributed by atoms with van der Waals surface area (Å²) in [5.74, 6) is -0.111. The molecule has 1 aromatic rings. The topological polar surface area (TPSA) is 3.24 Å². The van der Waals surface area contributed by atoms with E-state index in [-0.39, 0.29) is 5.82 Å². The molecular formula is C22H26FNS2. The number of hydrogen-bond donors (Lipinski definition) is 0. The van der Waals surface area contributed by atoms with Crippen LogP contribution < -0.4 is 0 Å². The van der Waals surface area contributed by atoms with Crippen molar-refractivity contribution in [2.45, 2.75) is 38.5 Å². The lowest BCUT2D eigenvalue weighted by atomic mass is 10.0. The Hall–Kier alpha value is -1.23. The van der Waals surface area contributed by atoms with Crippen LogP contribution in [0.2, 0.25) is 0 Å². The van der Waals surface area contributed by atoms with Gasteiger partial charge in [0.15, 0.2) is 0 Å². The normalized spacial score (nSPS) is 22.8. The second-order valence-electron chi connectivity index (χ2n) is 7.05. The average molecular weight is 388 g/mol. The van der Waals surface area contributed by atoms with Gasteiger partial charge in [0.2, 0.25) is 0 Å². The molecule has 0 radical (unpaired) electrons. The van der Waals surface area contributed by atoms with Crippen molar-refractivity contribution in [3.63, 3.8) is 0 Å². The minimum Gasteiger partial charge on any atom is -0.295 e. The van der Waals surface area contributed by atoms with Gasteiger partial charge in [-0.3, -0.25) is 4.90 Å². The van der Waals surface area contributed by atoms with E-state index < -0.39 is 0 Å². The molecule has 0 aromatic heterocycles. The first-order valence-electron chi connectivity index (χ1n) is 9.04. The number of rotatable bonds is 6. The summed E-state index contributed by atoms with van der Waals surface area (Å²) in [6, 6.07) is 7.08. The summed E-state index contributed by atoms with van der Waals surface area (Å²) in [5, 5.41) is 0.490. The minimum atomic E-state index is -0.111. The minimum absolute atomic E-state index is 0.111. The van der Waals surface area contributed by atoms with E-state index in [9.17, 15) is 4.39 Å². The van der Waals surface area contributed by atoms with Crippen molar-refractivity contribution in [3.05, 3.63) is 82.1 Å². The molecule has 138 valence electrons. The molecule has 0 bridgehead atoms. The Bertz CT molecular complexity index is 763. The van der Waals surface area contributed by atoms with Crippen LogP contribution in [0.25, 0.3) is 0 Å². The molecular weight excluding hydrogens is 361 g/mol. The molecule has 1 saturated heterocycles. The zero-order valence-corrected chi connectivity index (χ0v) is 17.1. The van der Waals surface area contributed by atoms with E-state index in [0.717, 1.165) is 31.5 Å². The summed E-state index contributed by atoms with van der Waals surface area (Å²) in [6.07, 6.45) is 8.53. The fourth-order valence-electron chi connectivity index (χ4n) is 3.46. The highest BCUT2D eigenvalue weighted by molar-refractivity contribution is 8.78. The van der Waals surface area contributed by atoms with Gasteiger partial charge >= 0.3 is 0 Å². The number of piperidine rings is 1. The number of halogens is 1. The number of allylic oxidation sites excluding steroid dienone is 5. The first-order valence-corrected chi connectivity index (χ1v) is 11.3. The third kappa shape index (κ3) is 4.93. The van der Waals surface area contributed by atoms with Gasteiger partial charge < -0.3 is 0 Å². The third-order valence-corrected chi connectivity index (χ3v) is 7.84. The molecule has 1 aliphatic heterocycles. The van der Waals surface area contributed by atoms with Crippen molar-refractivity contribution in [3.8, 4) is 0 Å². The van der Waals surface area contributed by atoms with E-state index in [4.69, 9.17) is 0 Å². The van der Waals surface area contributed by atoms with Gasteiger partial charge in [-0.1, -0.05) is 69.7 Å². The standard InChI is InChI=1S/C22H26FNS2/c1-4-7-19-15-24(14-18-8-5-6-9-20(18)23)11-10-21(19)25-26-22-13-16(2)12-17(22)3/h4-9,13,21H,1,10-12,14-15H2,2-3H3/b19-7-. The summed E-state index contributed by atoms with van der Waals surface area (Å²) in [5.41, 5.74) is 5.09. The largest absolute Gasteiger partial charge is 0.295 e. The zero-order valence-electron chi connectivity index (χ0n) is 15.5. The molecule has 1 aliphatic carbocycles. The molecule has 4 heteroatoms. The summed E-state index contributed by atoms with van der Waals surface area (Å²) < 4.78 is 14.0. The van der Waals surface area contributed by atoms with Crippen LogP contribution in [0.3, 0.4) is 0 Å². The van der Waals surface area contributed by atoms with Gasteiger partial charge in [-0.05, 0) is 44.4 Å². The Morgan fingerprint density at radius 2 is 2.12 bits per heavy atom. The fourth-order valence-corrected chi connectivity index (χ4v) is 6.51. The van der Waals surface area contributed by atoms with Gasteiger partial charge in [0.25, 0.3) is 0 Å². The van der Waals surface area contributed by atoms with Crippen LogP contribution in [0, 0.1) is 5.82 Å². The molecule has 0 N–H and O–H groups in total. The second kappa shape index (κ2) is 9.12. The lowest BCUT2D eigenvalue weighted by Crippen LogP contribution is -2.36. The van der Waals surface area contributed by atoms with E-state index >= 15 is 0 Å². The van der Waals surface area contributed by atoms with E-state index in [0.29, 0.717) is 11.8 Å². The van der Waals surface area contributed by atoms with E-state index in [1.165, 1.54) is 21.6 Å². The highest BCUT2D eigenvalue weighted by Crippen LogP contribution is 2.44. The second-order valence-corrected chi connectivity index (χ2v) is 9.49. The Morgan fingerprint density at radius 3 is 2.81 bits per heavy atom. The highest BCUT2D eigenvalue weighted by atomic mass is 33.1. The Balaban J connectivity index is 1.62. The van der Waals surface area contributed by atoms with Crippen molar-refractivity contribution in [1.82, 2.24) is 4.90 Å². The maximum atomic E-state index is 14.0. The molecule has 1 heterocycles. The van der Waals surface area contributed by atoms with Crippen LogP contribution in [-0.4, -0.2) is 23.2 Å². The average Bonchev–Trinajstić information content (AvgIpc) is 2.94. The monoisotopic (exact) mass is 387 g/mol. The first kappa shape index (κ1) is 19.5. The van der Waals surface area contributed by atoms with Crippen LogP contribution >= 0.6 is 21.6 Å². The van der Waals surface area contributed by atoms with Crippen molar-refractivity contribution < 1.29 is 4.39 Å². The van der Waals surface area contributed by atoms with Crippen LogP contribution in [-0.2, 0) is 6.54 Å². The first-order chi connectivity index (χ1) is 12.6. The quantitative estimate of drug-likeness (QED) is 0.512. The van der Waals surface area contributed by atoms with Crippen molar-refractivity contribution >= 4 is 21.6 Å². The van der Waals surface area contributed by atoms with E-state index in [1.807, 2.05) is 39.8 Å². The smallest absolute Gasteiger partial charge is 0.127 e. The van der Waals surface area contributed by atoms with Gasteiger partial charge in [0.1, 0.15) is 5.82 Å². The Labute approximate surface area is 164 Å². The summed E-state index contributed by atoms with van der Waals surface area (Å²) in [4.78, 5) is 3.75. The van der Waals surface area contributed by atoms with Gasteiger partial charge in [-0.25, -0.2) is 4.39 Å². The Morgan fingerprint density at radius 1 is 1.31 bits per heavy atom. The summed E-state index contributed by atoms with van der Waals surface area (Å²) in [7, 11) is 3.86. The molecule has 0 saturated carbocycles. The summed E-state index contributed by atoms with van der Waals surface area (Å²) in [6.45, 7) is 10.9. The summed E-state index contributed by atoms with van der Waals surface area (Å²) >= 11 is 0. The number of likely N-dealkylation sites (tertiary alicyclic amines) is 1. The predicted octanol–water partition coefficient (Wildman–Crippen LogP) is 6.52. The molecule has 26 heavy (non-hydrogen) atoms. The van der Waals surface area contributed by atoms with Crippen molar-refractivity contribution in [1.29, 1.82) is 0 Å². The number of nitrogens with zero attached hydrogens (tertiary/aromatic N) is 1. The lowest BCUT2D eigenvalue weighted by molar-refractivity contribution is 0.257. The molecule has 1 atom stereocenters. The van der Waals surface area contributed by atoms with Gasteiger partial charge in [-0.15, -0.1) is 0 Å².